The van der Waals surface area contributed by atoms with Gasteiger partial charge in [-0.3, -0.25) is 9.59 Å². The van der Waals surface area contributed by atoms with Gasteiger partial charge in [0.2, 0.25) is 5.91 Å². The monoisotopic (exact) mass is 311 g/mol. The Kier molecular flexibility index (Phi) is 9.93. The van der Waals surface area contributed by atoms with E-state index in [1.165, 1.54) is 44.9 Å². The highest BCUT2D eigenvalue weighted by Crippen LogP contribution is 2.20. The third-order valence-corrected chi connectivity index (χ3v) is 4.28. The third-order valence-electron chi connectivity index (χ3n) is 4.28. The Balaban J connectivity index is 2.08. The molecule has 0 aromatic rings. The lowest BCUT2D eigenvalue weighted by Crippen LogP contribution is -2.27. The molecular formula is C18H33NO3. The first-order valence-corrected chi connectivity index (χ1v) is 9.13. The molecule has 1 fully saturated rings. The molecule has 22 heavy (non-hydrogen) atoms. The summed E-state index contributed by atoms with van der Waals surface area (Å²) in [5.74, 6) is -0.330. The van der Waals surface area contributed by atoms with Crippen LogP contribution in [-0.4, -0.2) is 36.5 Å². The number of likely N-dealkylation sites (tertiary alicyclic amines) is 1. The van der Waals surface area contributed by atoms with Gasteiger partial charge in [-0.2, -0.15) is 0 Å². The molecule has 4 heteroatoms. The van der Waals surface area contributed by atoms with E-state index in [4.69, 9.17) is 4.74 Å². The van der Waals surface area contributed by atoms with Crippen LogP contribution in [-0.2, 0) is 14.3 Å². The maximum Gasteiger partial charge on any atom is 0.311 e. The summed E-state index contributed by atoms with van der Waals surface area (Å²) in [7, 11) is 0. The minimum Gasteiger partial charge on any atom is -0.465 e. The quantitative estimate of drug-likeness (QED) is 0.405. The smallest absolute Gasteiger partial charge is 0.311 e. The lowest BCUT2D eigenvalue weighted by atomic mass is 10.1. The fourth-order valence-electron chi connectivity index (χ4n) is 2.90. The molecule has 0 radical (unpaired) electrons. The molecular weight excluding hydrogens is 278 g/mol. The van der Waals surface area contributed by atoms with Crippen LogP contribution in [0, 0.1) is 5.92 Å². The summed E-state index contributed by atoms with van der Waals surface area (Å²) in [6.07, 6.45) is 11.3. The third kappa shape index (κ3) is 7.28. The van der Waals surface area contributed by atoms with Gasteiger partial charge < -0.3 is 9.64 Å². The highest BCUT2D eigenvalue weighted by molar-refractivity contribution is 5.86. The lowest BCUT2D eigenvalue weighted by molar-refractivity contribution is -0.148. The van der Waals surface area contributed by atoms with Crippen LogP contribution in [0.4, 0.5) is 0 Å². The molecule has 1 atom stereocenters. The van der Waals surface area contributed by atoms with Gasteiger partial charge in [-0.05, 0) is 12.8 Å². The van der Waals surface area contributed by atoms with Crippen LogP contribution in [0.3, 0.4) is 0 Å². The average molecular weight is 311 g/mol. The summed E-state index contributed by atoms with van der Waals surface area (Å²) >= 11 is 0. The van der Waals surface area contributed by atoms with Crippen molar-refractivity contribution in [2.24, 2.45) is 5.92 Å². The normalized spacial score (nSPS) is 18.0. The van der Waals surface area contributed by atoms with Crippen molar-refractivity contribution in [1.82, 2.24) is 4.90 Å². The van der Waals surface area contributed by atoms with E-state index in [9.17, 15) is 9.59 Å². The lowest BCUT2D eigenvalue weighted by Gasteiger charge is -2.16. The molecule has 1 saturated heterocycles. The Morgan fingerprint density at radius 3 is 2.32 bits per heavy atom. The zero-order valence-electron chi connectivity index (χ0n) is 14.4. The topological polar surface area (TPSA) is 46.6 Å². The van der Waals surface area contributed by atoms with Crippen molar-refractivity contribution >= 4 is 11.9 Å². The van der Waals surface area contributed by atoms with Crippen LogP contribution < -0.4 is 0 Å². The molecule has 1 rings (SSSR count). The minimum absolute atomic E-state index is 0.112. The van der Waals surface area contributed by atoms with Gasteiger partial charge in [0.1, 0.15) is 0 Å². The molecule has 1 heterocycles. The molecule has 0 aromatic carbocycles. The number of unbranched alkanes of at least 4 members (excludes halogenated alkanes) is 7. The van der Waals surface area contributed by atoms with E-state index in [0.717, 1.165) is 19.4 Å². The SMILES string of the molecule is CCCCCCCCCCN1CC(C(=O)OCCC)CC1=O. The summed E-state index contributed by atoms with van der Waals surface area (Å²) < 4.78 is 5.14. The summed E-state index contributed by atoms with van der Waals surface area (Å²) in [5, 5.41) is 0. The fourth-order valence-corrected chi connectivity index (χ4v) is 2.90. The van der Waals surface area contributed by atoms with Gasteiger partial charge in [0.25, 0.3) is 0 Å². The van der Waals surface area contributed by atoms with E-state index >= 15 is 0 Å². The largest absolute Gasteiger partial charge is 0.465 e. The van der Waals surface area contributed by atoms with Crippen LogP contribution in [0.15, 0.2) is 0 Å². The Morgan fingerprint density at radius 1 is 1.05 bits per heavy atom. The molecule has 1 unspecified atom stereocenters. The molecule has 0 bridgehead atoms. The van der Waals surface area contributed by atoms with Gasteiger partial charge in [-0.1, -0.05) is 58.8 Å². The van der Waals surface area contributed by atoms with Gasteiger partial charge in [-0.15, -0.1) is 0 Å². The Hall–Kier alpha value is -1.06. The highest BCUT2D eigenvalue weighted by Gasteiger charge is 2.34. The molecule has 1 aliphatic rings. The van der Waals surface area contributed by atoms with E-state index < -0.39 is 0 Å². The number of hydrogen-bond acceptors (Lipinski definition) is 3. The number of esters is 1. The highest BCUT2D eigenvalue weighted by atomic mass is 16.5. The maximum absolute atomic E-state index is 11.9. The molecule has 0 spiro atoms. The molecule has 0 aliphatic carbocycles. The molecule has 0 N–H and O–H groups in total. The van der Waals surface area contributed by atoms with Crippen molar-refractivity contribution in [3.05, 3.63) is 0 Å². The second-order valence-electron chi connectivity index (χ2n) is 6.38. The standard InChI is InChI=1S/C18H33NO3/c1-3-5-6-7-8-9-10-11-12-19-15-16(14-17(19)20)18(21)22-13-4-2/h16H,3-15H2,1-2H3. The van der Waals surface area contributed by atoms with Crippen molar-refractivity contribution in [2.75, 3.05) is 19.7 Å². The first kappa shape index (κ1) is 19.0. The number of carbonyl (C=O) groups is 2. The summed E-state index contributed by atoms with van der Waals surface area (Å²) in [6.45, 7) is 6.02. The van der Waals surface area contributed by atoms with E-state index in [1.807, 2.05) is 11.8 Å². The maximum atomic E-state index is 11.9. The first-order chi connectivity index (χ1) is 10.7. The van der Waals surface area contributed by atoms with Crippen LogP contribution in [0.1, 0.15) is 78.1 Å². The van der Waals surface area contributed by atoms with Crippen LogP contribution in [0.2, 0.25) is 0 Å². The van der Waals surface area contributed by atoms with Gasteiger partial charge >= 0.3 is 5.97 Å². The Bertz CT molecular complexity index is 330. The number of amides is 1. The summed E-state index contributed by atoms with van der Waals surface area (Å²) in [4.78, 5) is 25.6. The summed E-state index contributed by atoms with van der Waals surface area (Å²) in [5.41, 5.74) is 0. The number of nitrogens with zero attached hydrogens (tertiary/aromatic N) is 1. The second kappa shape index (κ2) is 11.5. The van der Waals surface area contributed by atoms with Crippen LogP contribution >= 0.6 is 0 Å². The number of rotatable bonds is 12. The van der Waals surface area contributed by atoms with Crippen LogP contribution in [0.5, 0.6) is 0 Å². The Labute approximate surface area is 135 Å². The van der Waals surface area contributed by atoms with Crippen LogP contribution in [0.25, 0.3) is 0 Å². The first-order valence-electron chi connectivity index (χ1n) is 9.13. The number of hydrogen-bond donors (Lipinski definition) is 0. The molecule has 1 aliphatic heterocycles. The zero-order valence-corrected chi connectivity index (χ0v) is 14.4. The molecule has 128 valence electrons. The number of carbonyl (C=O) groups excluding carboxylic acids is 2. The van der Waals surface area contributed by atoms with Gasteiger partial charge in [0.15, 0.2) is 0 Å². The minimum atomic E-state index is -0.243. The second-order valence-corrected chi connectivity index (χ2v) is 6.38. The van der Waals surface area contributed by atoms with E-state index in [0.29, 0.717) is 19.6 Å². The van der Waals surface area contributed by atoms with E-state index in [2.05, 4.69) is 6.92 Å². The predicted octanol–water partition coefficient (Wildman–Crippen LogP) is 3.93. The van der Waals surface area contributed by atoms with Crippen molar-refractivity contribution < 1.29 is 14.3 Å². The molecule has 1 amide bonds. The average Bonchev–Trinajstić information content (AvgIpc) is 2.89. The zero-order chi connectivity index (χ0) is 16.2. The van der Waals surface area contributed by atoms with Gasteiger partial charge in [0.05, 0.1) is 12.5 Å². The molecule has 4 nitrogen and oxygen atoms in total. The van der Waals surface area contributed by atoms with Gasteiger partial charge in [0, 0.05) is 19.5 Å². The van der Waals surface area contributed by atoms with Gasteiger partial charge in [-0.25, -0.2) is 0 Å². The summed E-state index contributed by atoms with van der Waals surface area (Å²) in [6, 6.07) is 0. The van der Waals surface area contributed by atoms with Crippen molar-refractivity contribution in [2.45, 2.75) is 78.1 Å². The van der Waals surface area contributed by atoms with E-state index in [1.54, 1.807) is 0 Å². The number of ether oxygens (including phenoxy) is 1. The van der Waals surface area contributed by atoms with Crippen molar-refractivity contribution in [1.29, 1.82) is 0 Å². The van der Waals surface area contributed by atoms with Crippen molar-refractivity contribution in [3.8, 4) is 0 Å². The van der Waals surface area contributed by atoms with Crippen molar-refractivity contribution in [3.63, 3.8) is 0 Å². The molecule has 0 aromatic heterocycles. The Morgan fingerprint density at radius 2 is 1.68 bits per heavy atom. The van der Waals surface area contributed by atoms with E-state index in [-0.39, 0.29) is 17.8 Å². The predicted molar refractivity (Wildman–Crippen MR) is 88.5 cm³/mol. The molecule has 0 saturated carbocycles. The fraction of sp³-hybridized carbons (Fsp3) is 0.889.